The molecule has 1 aliphatic rings. The maximum atomic E-state index is 5.76. The molecule has 6 heteroatoms. The number of guanidine groups is 1. The van der Waals surface area contributed by atoms with Crippen molar-refractivity contribution in [2.75, 3.05) is 46.5 Å². The number of hydrogen-bond acceptors (Lipinski definition) is 3. The van der Waals surface area contributed by atoms with Crippen LogP contribution >= 0.6 is 24.0 Å². The first kappa shape index (κ1) is 23.0. The molecule has 1 unspecified atom stereocenters. The quantitative estimate of drug-likeness (QED) is 0.256. The van der Waals surface area contributed by atoms with E-state index in [1.54, 1.807) is 0 Å². The molecule has 148 valence electrons. The standard InChI is InChI=1S/C20H33N3O2.HI/c1-4-21-20(23(3)15-18-11-14-24-16-18)22-12-5-6-13-25-19-9-7-17(2)8-10-19;/h7-10,18H,4-6,11-16H2,1-3H3,(H,21,22);1H. The summed E-state index contributed by atoms with van der Waals surface area (Å²) in [6, 6.07) is 8.21. The first-order valence-electron chi connectivity index (χ1n) is 9.45. The highest BCUT2D eigenvalue weighted by molar-refractivity contribution is 14.0. The summed E-state index contributed by atoms with van der Waals surface area (Å²) < 4.78 is 11.2. The van der Waals surface area contributed by atoms with Gasteiger partial charge in [0.25, 0.3) is 0 Å². The van der Waals surface area contributed by atoms with Crippen LogP contribution in [0.3, 0.4) is 0 Å². The topological polar surface area (TPSA) is 46.1 Å². The maximum absolute atomic E-state index is 5.76. The average Bonchev–Trinajstić information content (AvgIpc) is 3.11. The van der Waals surface area contributed by atoms with Gasteiger partial charge in [-0.1, -0.05) is 17.7 Å². The van der Waals surface area contributed by atoms with E-state index in [1.807, 2.05) is 12.1 Å². The van der Waals surface area contributed by atoms with Gasteiger partial charge in [-0.2, -0.15) is 0 Å². The number of hydrogen-bond donors (Lipinski definition) is 1. The van der Waals surface area contributed by atoms with Crippen LogP contribution in [0, 0.1) is 12.8 Å². The molecule has 1 fully saturated rings. The summed E-state index contributed by atoms with van der Waals surface area (Å²) in [5, 5.41) is 3.38. The van der Waals surface area contributed by atoms with Gasteiger partial charge in [0.1, 0.15) is 5.75 Å². The third-order valence-electron chi connectivity index (χ3n) is 4.36. The zero-order chi connectivity index (χ0) is 17.9. The van der Waals surface area contributed by atoms with Crippen LogP contribution in [0.2, 0.25) is 0 Å². The summed E-state index contributed by atoms with van der Waals surface area (Å²) in [7, 11) is 2.11. The number of ether oxygens (including phenoxy) is 2. The molecule has 1 aromatic carbocycles. The van der Waals surface area contributed by atoms with Crippen LogP contribution in [-0.2, 0) is 4.74 Å². The monoisotopic (exact) mass is 475 g/mol. The van der Waals surface area contributed by atoms with Gasteiger partial charge in [0.15, 0.2) is 5.96 Å². The van der Waals surface area contributed by atoms with Gasteiger partial charge >= 0.3 is 0 Å². The Morgan fingerprint density at radius 2 is 2.08 bits per heavy atom. The minimum atomic E-state index is 0. The fraction of sp³-hybridized carbons (Fsp3) is 0.650. The first-order valence-corrected chi connectivity index (χ1v) is 9.45. The van der Waals surface area contributed by atoms with E-state index in [-0.39, 0.29) is 24.0 Å². The molecule has 0 saturated carbocycles. The second-order valence-corrected chi connectivity index (χ2v) is 6.71. The summed E-state index contributed by atoms with van der Waals surface area (Å²) in [6.07, 6.45) is 3.19. The smallest absolute Gasteiger partial charge is 0.193 e. The van der Waals surface area contributed by atoms with Crippen molar-refractivity contribution in [3.05, 3.63) is 29.8 Å². The minimum absolute atomic E-state index is 0. The second-order valence-electron chi connectivity index (χ2n) is 6.71. The summed E-state index contributed by atoms with van der Waals surface area (Å²) in [4.78, 5) is 6.97. The van der Waals surface area contributed by atoms with Gasteiger partial charge in [-0.25, -0.2) is 0 Å². The molecule has 26 heavy (non-hydrogen) atoms. The summed E-state index contributed by atoms with van der Waals surface area (Å²) in [5.41, 5.74) is 1.26. The summed E-state index contributed by atoms with van der Waals surface area (Å²) in [6.45, 7) is 9.42. The Balaban J connectivity index is 0.00000338. The van der Waals surface area contributed by atoms with Crippen LogP contribution in [-0.4, -0.2) is 57.4 Å². The largest absolute Gasteiger partial charge is 0.494 e. The van der Waals surface area contributed by atoms with Crippen LogP contribution in [0.4, 0.5) is 0 Å². The zero-order valence-electron chi connectivity index (χ0n) is 16.4. The van der Waals surface area contributed by atoms with Crippen molar-refractivity contribution in [3.63, 3.8) is 0 Å². The van der Waals surface area contributed by atoms with E-state index in [0.29, 0.717) is 5.92 Å². The number of aliphatic imine (C=N–C) groups is 1. The lowest BCUT2D eigenvalue weighted by Crippen LogP contribution is -2.41. The Hall–Kier alpha value is -1.02. The van der Waals surface area contributed by atoms with Gasteiger partial charge in [0.2, 0.25) is 0 Å². The normalized spacial score (nSPS) is 16.9. The Bertz CT molecular complexity index is 516. The molecule has 0 bridgehead atoms. The van der Waals surface area contributed by atoms with Crippen LogP contribution < -0.4 is 10.1 Å². The number of nitrogens with one attached hydrogen (secondary N) is 1. The van der Waals surface area contributed by atoms with Crippen LogP contribution in [0.15, 0.2) is 29.3 Å². The predicted molar refractivity (Wildman–Crippen MR) is 119 cm³/mol. The molecule has 1 heterocycles. The number of rotatable bonds is 9. The van der Waals surface area contributed by atoms with Gasteiger partial charge in [0.05, 0.1) is 13.2 Å². The molecular weight excluding hydrogens is 441 g/mol. The fourth-order valence-electron chi connectivity index (χ4n) is 2.89. The van der Waals surface area contributed by atoms with Gasteiger partial charge in [0, 0.05) is 39.2 Å². The van der Waals surface area contributed by atoms with Crippen molar-refractivity contribution in [1.82, 2.24) is 10.2 Å². The maximum Gasteiger partial charge on any atom is 0.193 e. The average molecular weight is 475 g/mol. The molecule has 0 amide bonds. The Morgan fingerprint density at radius 1 is 1.31 bits per heavy atom. The lowest BCUT2D eigenvalue weighted by molar-refractivity contribution is 0.181. The van der Waals surface area contributed by atoms with Gasteiger partial charge < -0.3 is 19.7 Å². The highest BCUT2D eigenvalue weighted by Crippen LogP contribution is 2.13. The van der Waals surface area contributed by atoms with E-state index >= 15 is 0 Å². The second kappa shape index (κ2) is 13.2. The van der Waals surface area contributed by atoms with Crippen LogP contribution in [0.1, 0.15) is 31.7 Å². The van der Waals surface area contributed by atoms with E-state index < -0.39 is 0 Å². The molecular formula is C20H34IN3O2. The SMILES string of the molecule is CCNC(=NCCCCOc1ccc(C)cc1)N(C)CC1CCOC1.I. The molecule has 1 N–H and O–H groups in total. The van der Waals surface area contributed by atoms with Crippen LogP contribution in [0.25, 0.3) is 0 Å². The van der Waals surface area contributed by atoms with E-state index in [0.717, 1.165) is 70.4 Å². The molecule has 1 aliphatic heterocycles. The summed E-state index contributed by atoms with van der Waals surface area (Å²) >= 11 is 0. The van der Waals surface area contributed by atoms with Gasteiger partial charge in [-0.05, 0) is 45.2 Å². The molecule has 1 aromatic rings. The molecule has 0 spiro atoms. The van der Waals surface area contributed by atoms with Crippen molar-refractivity contribution in [3.8, 4) is 5.75 Å². The molecule has 2 rings (SSSR count). The highest BCUT2D eigenvalue weighted by Gasteiger charge is 2.18. The molecule has 1 atom stereocenters. The minimum Gasteiger partial charge on any atom is -0.494 e. The molecule has 0 radical (unpaired) electrons. The molecule has 0 aromatic heterocycles. The van der Waals surface area contributed by atoms with Gasteiger partial charge in [-0.15, -0.1) is 24.0 Å². The van der Waals surface area contributed by atoms with Crippen molar-refractivity contribution in [2.45, 2.75) is 33.1 Å². The van der Waals surface area contributed by atoms with E-state index in [2.05, 4.69) is 43.2 Å². The van der Waals surface area contributed by atoms with Gasteiger partial charge in [-0.3, -0.25) is 4.99 Å². The molecule has 0 aliphatic carbocycles. The van der Waals surface area contributed by atoms with Crippen molar-refractivity contribution in [1.29, 1.82) is 0 Å². The third-order valence-corrected chi connectivity index (χ3v) is 4.36. The lowest BCUT2D eigenvalue weighted by Gasteiger charge is -2.24. The number of benzene rings is 1. The predicted octanol–water partition coefficient (Wildman–Crippen LogP) is 3.71. The fourth-order valence-corrected chi connectivity index (χ4v) is 2.89. The van der Waals surface area contributed by atoms with E-state index in [9.17, 15) is 0 Å². The van der Waals surface area contributed by atoms with Crippen LogP contribution in [0.5, 0.6) is 5.75 Å². The van der Waals surface area contributed by atoms with Crippen molar-refractivity contribution >= 4 is 29.9 Å². The van der Waals surface area contributed by atoms with E-state index in [4.69, 9.17) is 14.5 Å². The van der Waals surface area contributed by atoms with Crippen molar-refractivity contribution in [2.24, 2.45) is 10.9 Å². The third kappa shape index (κ3) is 8.58. The lowest BCUT2D eigenvalue weighted by atomic mass is 10.1. The zero-order valence-corrected chi connectivity index (χ0v) is 18.7. The Kier molecular flexibility index (Phi) is 11.7. The molecule has 1 saturated heterocycles. The Morgan fingerprint density at radius 3 is 2.73 bits per heavy atom. The number of halogens is 1. The molecule has 5 nitrogen and oxygen atoms in total. The van der Waals surface area contributed by atoms with Crippen molar-refractivity contribution < 1.29 is 9.47 Å². The summed E-state index contributed by atoms with van der Waals surface area (Å²) in [5.74, 6) is 2.56. The number of unbranched alkanes of at least 4 members (excludes halogenated alkanes) is 1. The highest BCUT2D eigenvalue weighted by atomic mass is 127. The number of nitrogens with zero attached hydrogens (tertiary/aromatic N) is 2. The number of aryl methyl sites for hydroxylation is 1. The first-order chi connectivity index (χ1) is 12.2. The Labute approximate surface area is 175 Å². The van der Waals surface area contributed by atoms with E-state index in [1.165, 1.54) is 5.56 Å².